The van der Waals surface area contributed by atoms with Crippen LogP contribution in [0.3, 0.4) is 0 Å². The molecular weight excluding hydrogens is 203 g/mol. The lowest BCUT2D eigenvalue weighted by atomic mass is 10.6. The third kappa shape index (κ3) is 2.71. The fraction of sp³-hybridized carbons (Fsp3) is 0.333. The van der Waals surface area contributed by atoms with Crippen molar-refractivity contribution >= 4 is 24.0 Å². The summed E-state index contributed by atoms with van der Waals surface area (Å²) < 4.78 is 9.64. The van der Waals surface area contributed by atoms with Crippen molar-refractivity contribution in [2.45, 2.75) is 0 Å². The van der Waals surface area contributed by atoms with E-state index in [0.29, 0.717) is 11.8 Å². The summed E-state index contributed by atoms with van der Waals surface area (Å²) in [4.78, 5) is 7.50. The van der Waals surface area contributed by atoms with Gasteiger partial charge in [0, 0.05) is 0 Å². The standard InChI is InChI=1S/C6H7ClN2O2.ClH/c1-10-4-3-5(11-2)9-6(7)8-4;/h3H,1-2H3;1H. The molecule has 1 aromatic heterocycles. The van der Waals surface area contributed by atoms with E-state index in [1.165, 1.54) is 14.2 Å². The highest BCUT2D eigenvalue weighted by Crippen LogP contribution is 2.16. The Morgan fingerprint density at radius 3 is 1.92 bits per heavy atom. The molecule has 1 aromatic rings. The second kappa shape index (κ2) is 5.00. The second-order valence-electron chi connectivity index (χ2n) is 1.72. The zero-order valence-electron chi connectivity index (χ0n) is 6.57. The molecule has 0 aliphatic carbocycles. The van der Waals surface area contributed by atoms with Crippen LogP contribution in [-0.2, 0) is 0 Å². The largest absolute Gasteiger partial charge is 0.481 e. The van der Waals surface area contributed by atoms with Crippen LogP contribution in [0.4, 0.5) is 0 Å². The van der Waals surface area contributed by atoms with Crippen molar-refractivity contribution in [3.05, 3.63) is 11.3 Å². The summed E-state index contributed by atoms with van der Waals surface area (Å²) in [7, 11) is 3.00. The lowest BCUT2D eigenvalue weighted by Gasteiger charge is -2.01. The Bertz CT molecular complexity index is 235. The number of rotatable bonds is 2. The van der Waals surface area contributed by atoms with Crippen molar-refractivity contribution in [1.29, 1.82) is 0 Å². The third-order valence-corrected chi connectivity index (χ3v) is 1.24. The summed E-state index contributed by atoms with van der Waals surface area (Å²) in [6.45, 7) is 0. The van der Waals surface area contributed by atoms with Crippen LogP contribution in [0.15, 0.2) is 6.07 Å². The molecule has 6 heteroatoms. The molecule has 0 N–H and O–H groups in total. The first-order valence-electron chi connectivity index (χ1n) is 2.89. The normalized spacial score (nSPS) is 8.58. The molecule has 0 radical (unpaired) electrons. The van der Waals surface area contributed by atoms with Crippen molar-refractivity contribution in [3.63, 3.8) is 0 Å². The zero-order chi connectivity index (χ0) is 8.27. The summed E-state index contributed by atoms with van der Waals surface area (Å²) >= 11 is 5.53. The van der Waals surface area contributed by atoms with Crippen LogP contribution in [0, 0.1) is 0 Å². The lowest BCUT2D eigenvalue weighted by molar-refractivity contribution is 0.372. The number of nitrogens with zero attached hydrogens (tertiary/aromatic N) is 2. The first kappa shape index (κ1) is 11.3. The minimum Gasteiger partial charge on any atom is -0.481 e. The highest BCUT2D eigenvalue weighted by atomic mass is 35.5. The summed E-state index contributed by atoms with van der Waals surface area (Å²) in [5.41, 5.74) is 0. The van der Waals surface area contributed by atoms with Crippen LogP contribution in [0.5, 0.6) is 11.8 Å². The molecule has 1 rings (SSSR count). The van der Waals surface area contributed by atoms with Gasteiger partial charge in [0.05, 0.1) is 20.3 Å². The number of hydrogen-bond donors (Lipinski definition) is 0. The monoisotopic (exact) mass is 210 g/mol. The summed E-state index contributed by atoms with van der Waals surface area (Å²) in [5.74, 6) is 0.781. The van der Waals surface area contributed by atoms with Gasteiger partial charge in [-0.05, 0) is 11.6 Å². The molecule has 68 valence electrons. The molecule has 0 bridgehead atoms. The molecule has 0 saturated carbocycles. The van der Waals surface area contributed by atoms with Crippen LogP contribution in [0.1, 0.15) is 0 Å². The number of ether oxygens (including phenoxy) is 2. The van der Waals surface area contributed by atoms with E-state index < -0.39 is 0 Å². The molecule has 1 heterocycles. The molecule has 0 spiro atoms. The van der Waals surface area contributed by atoms with Gasteiger partial charge in [-0.3, -0.25) is 0 Å². The second-order valence-corrected chi connectivity index (χ2v) is 2.06. The number of halogens is 2. The number of aromatic nitrogens is 2. The van der Waals surface area contributed by atoms with Gasteiger partial charge in [-0.2, -0.15) is 9.97 Å². The maximum absolute atomic E-state index is 5.53. The maximum atomic E-state index is 5.53. The Kier molecular flexibility index (Phi) is 4.70. The van der Waals surface area contributed by atoms with Gasteiger partial charge in [0.15, 0.2) is 0 Å². The summed E-state index contributed by atoms with van der Waals surface area (Å²) in [5, 5.41) is 0.112. The van der Waals surface area contributed by atoms with Gasteiger partial charge in [-0.1, -0.05) is 0 Å². The van der Waals surface area contributed by atoms with Crippen LogP contribution in [0.25, 0.3) is 0 Å². The molecule has 4 nitrogen and oxygen atoms in total. The molecule has 0 aromatic carbocycles. The summed E-state index contributed by atoms with van der Waals surface area (Å²) in [6.07, 6.45) is 0. The molecule has 0 aliphatic rings. The lowest BCUT2D eigenvalue weighted by Crippen LogP contribution is -1.93. The highest BCUT2D eigenvalue weighted by Gasteiger charge is 2.01. The minimum atomic E-state index is 0. The van der Waals surface area contributed by atoms with E-state index in [-0.39, 0.29) is 17.7 Å². The van der Waals surface area contributed by atoms with Gasteiger partial charge >= 0.3 is 0 Å². The van der Waals surface area contributed by atoms with E-state index in [9.17, 15) is 0 Å². The Morgan fingerprint density at radius 1 is 1.17 bits per heavy atom. The van der Waals surface area contributed by atoms with Gasteiger partial charge in [0.1, 0.15) is 0 Å². The Labute approximate surface area is 81.3 Å². The smallest absolute Gasteiger partial charge is 0.228 e. The van der Waals surface area contributed by atoms with Crippen molar-refractivity contribution in [2.75, 3.05) is 14.2 Å². The number of hydrogen-bond acceptors (Lipinski definition) is 4. The Morgan fingerprint density at radius 2 is 1.58 bits per heavy atom. The molecule has 0 saturated heterocycles. The topological polar surface area (TPSA) is 44.2 Å². The van der Waals surface area contributed by atoms with Gasteiger partial charge in [0.2, 0.25) is 17.0 Å². The molecule has 0 fully saturated rings. The van der Waals surface area contributed by atoms with Gasteiger partial charge in [-0.15, -0.1) is 12.4 Å². The van der Waals surface area contributed by atoms with E-state index in [1.54, 1.807) is 6.07 Å². The Balaban J connectivity index is 0.00000121. The van der Waals surface area contributed by atoms with E-state index in [4.69, 9.17) is 21.1 Å². The predicted octanol–water partition coefficient (Wildman–Crippen LogP) is 1.57. The van der Waals surface area contributed by atoms with Crippen molar-refractivity contribution in [2.24, 2.45) is 0 Å². The van der Waals surface area contributed by atoms with E-state index >= 15 is 0 Å². The van der Waals surface area contributed by atoms with E-state index in [0.717, 1.165) is 0 Å². The van der Waals surface area contributed by atoms with Crippen LogP contribution in [-0.4, -0.2) is 24.2 Å². The van der Waals surface area contributed by atoms with Gasteiger partial charge in [0.25, 0.3) is 0 Å². The van der Waals surface area contributed by atoms with Crippen molar-refractivity contribution in [1.82, 2.24) is 9.97 Å². The highest BCUT2D eigenvalue weighted by molar-refractivity contribution is 6.28. The average molecular weight is 211 g/mol. The summed E-state index contributed by atoms with van der Waals surface area (Å²) in [6, 6.07) is 1.55. The third-order valence-electron chi connectivity index (χ3n) is 1.07. The fourth-order valence-corrected chi connectivity index (χ4v) is 0.753. The van der Waals surface area contributed by atoms with E-state index in [2.05, 4.69) is 9.97 Å². The average Bonchev–Trinajstić information content (AvgIpc) is 2.03. The Hall–Kier alpha value is -0.740. The molecule has 0 aliphatic heterocycles. The van der Waals surface area contributed by atoms with Gasteiger partial charge in [-0.25, -0.2) is 0 Å². The maximum Gasteiger partial charge on any atom is 0.228 e. The predicted molar refractivity (Wildman–Crippen MR) is 47.4 cm³/mol. The minimum absolute atomic E-state index is 0. The first-order chi connectivity index (χ1) is 5.26. The quantitative estimate of drug-likeness (QED) is 0.696. The van der Waals surface area contributed by atoms with Crippen LogP contribution >= 0.6 is 24.0 Å². The first-order valence-corrected chi connectivity index (χ1v) is 3.26. The van der Waals surface area contributed by atoms with Crippen LogP contribution in [0.2, 0.25) is 5.28 Å². The molecule has 0 atom stereocenters. The van der Waals surface area contributed by atoms with Crippen molar-refractivity contribution in [3.8, 4) is 11.8 Å². The van der Waals surface area contributed by atoms with Crippen molar-refractivity contribution < 1.29 is 9.47 Å². The fourth-order valence-electron chi connectivity index (χ4n) is 0.586. The zero-order valence-corrected chi connectivity index (χ0v) is 8.15. The molecule has 12 heavy (non-hydrogen) atoms. The van der Waals surface area contributed by atoms with E-state index in [1.807, 2.05) is 0 Å². The van der Waals surface area contributed by atoms with Gasteiger partial charge < -0.3 is 9.47 Å². The molecule has 0 unspecified atom stereocenters. The molecule has 0 amide bonds. The number of methoxy groups -OCH3 is 2. The SMILES string of the molecule is COc1cc(OC)nc(Cl)n1.Cl. The molecular formula is C6H8Cl2N2O2. The van der Waals surface area contributed by atoms with Crippen LogP contribution < -0.4 is 9.47 Å².